The van der Waals surface area contributed by atoms with Gasteiger partial charge >= 0.3 is 0 Å². The number of carbonyl (C=O) groups excluding carboxylic acids is 2. The number of halogens is 1. The van der Waals surface area contributed by atoms with Crippen molar-refractivity contribution >= 4 is 39.6 Å². The average Bonchev–Trinajstić information content (AvgIpc) is 2.79. The van der Waals surface area contributed by atoms with E-state index in [1.54, 1.807) is 43.5 Å². The molecule has 0 fully saturated rings. The van der Waals surface area contributed by atoms with Gasteiger partial charge in [0.2, 0.25) is 5.91 Å². The molecular formula is C24H22BrN3O4. The van der Waals surface area contributed by atoms with E-state index >= 15 is 0 Å². The Balaban J connectivity index is 1.58. The highest BCUT2D eigenvalue weighted by molar-refractivity contribution is 9.10. The van der Waals surface area contributed by atoms with E-state index in [1.807, 2.05) is 30.3 Å². The monoisotopic (exact) mass is 495 g/mol. The normalized spacial score (nSPS) is 10.6. The molecule has 0 saturated heterocycles. The van der Waals surface area contributed by atoms with Gasteiger partial charge in [-0.25, -0.2) is 5.43 Å². The lowest BCUT2D eigenvalue weighted by molar-refractivity contribution is -0.114. The Kier molecular flexibility index (Phi) is 7.99. The van der Waals surface area contributed by atoms with Crippen molar-refractivity contribution in [2.75, 3.05) is 12.4 Å². The number of ether oxygens (including phenoxy) is 2. The van der Waals surface area contributed by atoms with E-state index < -0.39 is 0 Å². The van der Waals surface area contributed by atoms with E-state index in [1.165, 1.54) is 13.1 Å². The Hall–Kier alpha value is -3.65. The molecule has 2 N–H and O–H groups in total. The molecule has 0 spiro atoms. The summed E-state index contributed by atoms with van der Waals surface area (Å²) in [4.78, 5) is 23.3. The fraction of sp³-hybridized carbons (Fsp3) is 0.125. The molecule has 0 unspecified atom stereocenters. The van der Waals surface area contributed by atoms with Gasteiger partial charge in [0, 0.05) is 22.6 Å². The first kappa shape index (κ1) is 23.0. The summed E-state index contributed by atoms with van der Waals surface area (Å²) in [5.41, 5.74) is 5.29. The highest BCUT2D eigenvalue weighted by atomic mass is 79.9. The molecule has 0 bridgehead atoms. The smallest absolute Gasteiger partial charge is 0.271 e. The van der Waals surface area contributed by atoms with Gasteiger partial charge in [0.1, 0.15) is 6.61 Å². The lowest BCUT2D eigenvalue weighted by Crippen LogP contribution is -2.17. The SMILES string of the molecule is COc1cc(/C=N\NC(=O)c2ccc(NC(C)=O)cc2)ccc1OCc1ccc(Br)cc1. The van der Waals surface area contributed by atoms with Gasteiger partial charge in [0.05, 0.1) is 13.3 Å². The molecule has 0 saturated carbocycles. The lowest BCUT2D eigenvalue weighted by atomic mass is 10.2. The largest absolute Gasteiger partial charge is 0.493 e. The van der Waals surface area contributed by atoms with Crippen LogP contribution < -0.4 is 20.2 Å². The number of benzene rings is 3. The number of hydrogen-bond donors (Lipinski definition) is 2. The second-order valence-corrected chi connectivity index (χ2v) is 7.70. The van der Waals surface area contributed by atoms with E-state index in [9.17, 15) is 9.59 Å². The van der Waals surface area contributed by atoms with Gasteiger partial charge in [0.15, 0.2) is 11.5 Å². The fourth-order valence-electron chi connectivity index (χ4n) is 2.76. The molecule has 0 aromatic heterocycles. The molecule has 32 heavy (non-hydrogen) atoms. The highest BCUT2D eigenvalue weighted by Crippen LogP contribution is 2.28. The Labute approximate surface area is 194 Å². The molecule has 0 atom stereocenters. The minimum absolute atomic E-state index is 0.174. The summed E-state index contributed by atoms with van der Waals surface area (Å²) in [7, 11) is 1.56. The summed E-state index contributed by atoms with van der Waals surface area (Å²) >= 11 is 3.41. The molecular weight excluding hydrogens is 474 g/mol. The van der Waals surface area contributed by atoms with Crippen molar-refractivity contribution in [3.63, 3.8) is 0 Å². The molecule has 0 aliphatic rings. The van der Waals surface area contributed by atoms with Gasteiger partial charge in [-0.1, -0.05) is 28.1 Å². The van der Waals surface area contributed by atoms with Crippen LogP contribution in [0, 0.1) is 0 Å². The van der Waals surface area contributed by atoms with Crippen LogP contribution in [-0.2, 0) is 11.4 Å². The van der Waals surface area contributed by atoms with Crippen LogP contribution in [0.5, 0.6) is 11.5 Å². The Bertz CT molecular complexity index is 1110. The van der Waals surface area contributed by atoms with Crippen LogP contribution in [0.15, 0.2) is 76.3 Å². The van der Waals surface area contributed by atoms with Gasteiger partial charge < -0.3 is 14.8 Å². The van der Waals surface area contributed by atoms with E-state index in [0.29, 0.717) is 29.4 Å². The third kappa shape index (κ3) is 6.68. The van der Waals surface area contributed by atoms with Crippen molar-refractivity contribution < 1.29 is 19.1 Å². The molecule has 0 radical (unpaired) electrons. The molecule has 3 aromatic carbocycles. The Morgan fingerprint density at radius 3 is 2.38 bits per heavy atom. The number of carbonyl (C=O) groups is 2. The van der Waals surface area contributed by atoms with E-state index in [0.717, 1.165) is 15.6 Å². The molecule has 0 aliphatic carbocycles. The topological polar surface area (TPSA) is 89.0 Å². The number of nitrogens with zero attached hydrogens (tertiary/aromatic N) is 1. The van der Waals surface area contributed by atoms with E-state index in [4.69, 9.17) is 9.47 Å². The van der Waals surface area contributed by atoms with E-state index in [-0.39, 0.29) is 11.8 Å². The first-order valence-electron chi connectivity index (χ1n) is 9.71. The lowest BCUT2D eigenvalue weighted by Gasteiger charge is -2.11. The first-order valence-corrected chi connectivity index (χ1v) is 10.5. The zero-order valence-corrected chi connectivity index (χ0v) is 19.2. The van der Waals surface area contributed by atoms with Crippen molar-refractivity contribution in [2.24, 2.45) is 5.10 Å². The summed E-state index contributed by atoms with van der Waals surface area (Å²) in [6, 6.07) is 19.8. The Morgan fingerprint density at radius 2 is 1.72 bits per heavy atom. The number of amides is 2. The highest BCUT2D eigenvalue weighted by Gasteiger charge is 2.07. The maximum absolute atomic E-state index is 12.2. The zero-order chi connectivity index (χ0) is 22.9. The third-order valence-electron chi connectivity index (χ3n) is 4.34. The number of nitrogens with one attached hydrogen (secondary N) is 2. The third-order valence-corrected chi connectivity index (χ3v) is 4.87. The second kappa shape index (κ2) is 11.1. The average molecular weight is 496 g/mol. The maximum atomic E-state index is 12.2. The zero-order valence-electron chi connectivity index (χ0n) is 17.6. The van der Waals surface area contributed by atoms with Crippen LogP contribution in [0.4, 0.5) is 5.69 Å². The number of hydrogen-bond acceptors (Lipinski definition) is 5. The molecule has 0 aliphatic heterocycles. The molecule has 3 rings (SSSR count). The van der Waals surface area contributed by atoms with Crippen molar-refractivity contribution in [1.29, 1.82) is 0 Å². The molecule has 0 heterocycles. The molecule has 3 aromatic rings. The summed E-state index contributed by atoms with van der Waals surface area (Å²) in [6.45, 7) is 1.83. The summed E-state index contributed by atoms with van der Waals surface area (Å²) in [5.74, 6) is 0.630. The minimum atomic E-state index is -0.364. The maximum Gasteiger partial charge on any atom is 0.271 e. The quantitative estimate of drug-likeness (QED) is 0.348. The summed E-state index contributed by atoms with van der Waals surface area (Å²) in [5, 5.41) is 6.65. The molecule has 7 nitrogen and oxygen atoms in total. The number of methoxy groups -OCH3 is 1. The number of hydrazone groups is 1. The molecule has 8 heteroatoms. The van der Waals surface area contributed by atoms with Crippen LogP contribution >= 0.6 is 15.9 Å². The predicted molar refractivity (Wildman–Crippen MR) is 127 cm³/mol. The van der Waals surface area contributed by atoms with Crippen molar-refractivity contribution in [3.8, 4) is 11.5 Å². The van der Waals surface area contributed by atoms with Gasteiger partial charge in [-0.3, -0.25) is 9.59 Å². The van der Waals surface area contributed by atoms with Crippen LogP contribution in [0.2, 0.25) is 0 Å². The summed E-state index contributed by atoms with van der Waals surface area (Å²) < 4.78 is 12.3. The van der Waals surface area contributed by atoms with Crippen molar-refractivity contribution in [1.82, 2.24) is 5.43 Å². The second-order valence-electron chi connectivity index (χ2n) is 6.78. The Morgan fingerprint density at radius 1 is 1.00 bits per heavy atom. The van der Waals surface area contributed by atoms with E-state index in [2.05, 4.69) is 31.8 Å². The number of rotatable bonds is 8. The van der Waals surface area contributed by atoms with Gasteiger partial charge in [-0.15, -0.1) is 0 Å². The molecule has 2 amide bonds. The van der Waals surface area contributed by atoms with Gasteiger partial charge in [-0.2, -0.15) is 5.10 Å². The fourth-order valence-corrected chi connectivity index (χ4v) is 3.03. The summed E-state index contributed by atoms with van der Waals surface area (Å²) in [6.07, 6.45) is 1.52. The van der Waals surface area contributed by atoms with Crippen molar-refractivity contribution in [2.45, 2.75) is 13.5 Å². The predicted octanol–water partition coefficient (Wildman–Crippen LogP) is 4.76. The first-order chi connectivity index (χ1) is 15.4. The van der Waals surface area contributed by atoms with Crippen molar-refractivity contribution in [3.05, 3.63) is 87.9 Å². The van der Waals surface area contributed by atoms with Gasteiger partial charge in [-0.05, 0) is 65.7 Å². The number of anilines is 1. The van der Waals surface area contributed by atoms with Crippen LogP contribution in [0.1, 0.15) is 28.4 Å². The van der Waals surface area contributed by atoms with Crippen LogP contribution in [0.25, 0.3) is 0 Å². The van der Waals surface area contributed by atoms with Crippen LogP contribution in [-0.4, -0.2) is 25.1 Å². The van der Waals surface area contributed by atoms with Gasteiger partial charge in [0.25, 0.3) is 5.91 Å². The minimum Gasteiger partial charge on any atom is -0.493 e. The molecule has 164 valence electrons. The van der Waals surface area contributed by atoms with Crippen LogP contribution in [0.3, 0.4) is 0 Å². The standard InChI is InChI=1S/C24H22BrN3O4/c1-16(29)27-21-10-6-19(7-11-21)24(30)28-26-14-18-5-12-22(23(13-18)31-2)32-15-17-3-8-20(25)9-4-17/h3-14H,15H2,1-2H3,(H,27,29)(H,28,30)/b26-14-.